The third-order valence-electron chi connectivity index (χ3n) is 3.19. The molecule has 0 spiro atoms. The largest absolute Gasteiger partial charge is 0.338 e. The van der Waals surface area contributed by atoms with E-state index in [1.165, 1.54) is 19.3 Å². The summed E-state index contributed by atoms with van der Waals surface area (Å²) in [6.45, 7) is 2.26. The Morgan fingerprint density at radius 3 is 2.57 bits per heavy atom. The van der Waals surface area contributed by atoms with Gasteiger partial charge in [-0.3, -0.25) is 0 Å². The second-order valence-corrected chi connectivity index (χ2v) is 4.37. The Morgan fingerprint density at radius 1 is 1.36 bits per heavy atom. The highest BCUT2D eigenvalue weighted by atomic mass is 35.5. The Morgan fingerprint density at radius 2 is 2.07 bits per heavy atom. The number of hydrogen-bond acceptors (Lipinski definition) is 3. The van der Waals surface area contributed by atoms with Crippen LogP contribution < -0.4 is 0 Å². The second kappa shape index (κ2) is 4.30. The molecule has 0 atom stereocenters. The van der Waals surface area contributed by atoms with Gasteiger partial charge in [-0.25, -0.2) is 0 Å². The quantitative estimate of drug-likeness (QED) is 0.758. The molecular weight excluding hydrogens is 200 g/mol. The van der Waals surface area contributed by atoms with Crippen LogP contribution in [0.5, 0.6) is 0 Å². The highest BCUT2D eigenvalue weighted by Crippen LogP contribution is 2.36. The van der Waals surface area contributed by atoms with E-state index in [-0.39, 0.29) is 5.28 Å². The molecule has 14 heavy (non-hydrogen) atoms. The van der Waals surface area contributed by atoms with Gasteiger partial charge in [0.05, 0.1) is 0 Å². The first-order valence-electron chi connectivity index (χ1n) is 5.28. The molecular formula is C10H15ClN2O. The van der Waals surface area contributed by atoms with Crippen molar-refractivity contribution in [3.63, 3.8) is 0 Å². The summed E-state index contributed by atoms with van der Waals surface area (Å²) in [4.78, 5) is 4.07. The van der Waals surface area contributed by atoms with Gasteiger partial charge in [-0.15, -0.1) is 0 Å². The lowest BCUT2D eigenvalue weighted by molar-refractivity contribution is 0.267. The minimum absolute atomic E-state index is 0.234. The molecule has 1 fully saturated rings. The predicted molar refractivity (Wildman–Crippen MR) is 54.3 cm³/mol. The molecule has 1 aliphatic carbocycles. The molecule has 1 aromatic heterocycles. The Balaban J connectivity index is 1.95. The molecule has 0 bridgehead atoms. The van der Waals surface area contributed by atoms with Gasteiger partial charge in [0.2, 0.25) is 5.89 Å². The molecule has 1 aliphatic rings. The monoisotopic (exact) mass is 214 g/mol. The summed E-state index contributed by atoms with van der Waals surface area (Å²) < 4.78 is 5.08. The van der Waals surface area contributed by atoms with E-state index in [1.54, 1.807) is 0 Å². The van der Waals surface area contributed by atoms with Crippen molar-refractivity contribution in [3.05, 3.63) is 11.2 Å². The first kappa shape index (κ1) is 9.97. The zero-order valence-electron chi connectivity index (χ0n) is 8.37. The summed E-state index contributed by atoms with van der Waals surface area (Å²) in [6, 6.07) is 0. The summed E-state index contributed by atoms with van der Waals surface area (Å²) in [5.74, 6) is 2.06. The van der Waals surface area contributed by atoms with Crippen LogP contribution in [0.15, 0.2) is 4.52 Å². The minimum atomic E-state index is 0.234. The first-order chi connectivity index (χ1) is 6.79. The van der Waals surface area contributed by atoms with Crippen LogP contribution in [-0.2, 0) is 0 Å². The van der Waals surface area contributed by atoms with Crippen LogP contribution in [0.25, 0.3) is 0 Å². The van der Waals surface area contributed by atoms with Gasteiger partial charge in [-0.05, 0) is 48.4 Å². The molecule has 0 aromatic carbocycles. The topological polar surface area (TPSA) is 38.9 Å². The molecule has 2 rings (SSSR count). The van der Waals surface area contributed by atoms with E-state index in [0.717, 1.165) is 24.7 Å². The predicted octanol–water partition coefficient (Wildman–Crippen LogP) is 3.41. The molecule has 4 heteroatoms. The fourth-order valence-corrected chi connectivity index (χ4v) is 2.32. The van der Waals surface area contributed by atoms with E-state index >= 15 is 0 Å². The molecule has 0 aliphatic heterocycles. The number of hydrogen-bond donors (Lipinski definition) is 0. The Kier molecular flexibility index (Phi) is 3.06. The second-order valence-electron chi connectivity index (χ2n) is 4.03. The van der Waals surface area contributed by atoms with Gasteiger partial charge in [-0.1, -0.05) is 13.3 Å². The zero-order valence-corrected chi connectivity index (χ0v) is 9.13. The van der Waals surface area contributed by atoms with Crippen LogP contribution in [0.1, 0.15) is 50.8 Å². The van der Waals surface area contributed by atoms with Crippen LogP contribution in [0.3, 0.4) is 0 Å². The maximum atomic E-state index is 5.62. The average molecular weight is 215 g/mol. The van der Waals surface area contributed by atoms with Gasteiger partial charge in [0.1, 0.15) is 0 Å². The highest BCUT2D eigenvalue weighted by molar-refractivity contribution is 6.28. The van der Waals surface area contributed by atoms with E-state index in [0.29, 0.717) is 5.92 Å². The smallest absolute Gasteiger partial charge is 0.263 e. The Bertz CT molecular complexity index is 292. The van der Waals surface area contributed by atoms with Crippen LogP contribution in [0.4, 0.5) is 0 Å². The summed E-state index contributed by atoms with van der Waals surface area (Å²) in [6.07, 6.45) is 6.17. The standard InChI is InChI=1S/C10H15ClN2O/c1-2-7-3-5-8(6-4-7)9-12-10(11)13-14-9/h7-8H,2-6H2,1H3. The van der Waals surface area contributed by atoms with Gasteiger partial charge in [-0.2, -0.15) is 4.98 Å². The van der Waals surface area contributed by atoms with Gasteiger partial charge in [0.15, 0.2) is 0 Å². The molecule has 0 saturated heterocycles. The van der Waals surface area contributed by atoms with Crippen molar-refractivity contribution in [2.45, 2.75) is 44.9 Å². The molecule has 0 unspecified atom stereocenters. The third kappa shape index (κ3) is 2.08. The van der Waals surface area contributed by atoms with Crippen molar-refractivity contribution in [3.8, 4) is 0 Å². The van der Waals surface area contributed by atoms with Crippen molar-refractivity contribution in [2.24, 2.45) is 5.92 Å². The molecule has 1 aromatic rings. The first-order valence-corrected chi connectivity index (χ1v) is 5.66. The Hall–Kier alpha value is -0.570. The highest BCUT2D eigenvalue weighted by Gasteiger charge is 2.25. The van der Waals surface area contributed by atoms with E-state index < -0.39 is 0 Å². The molecule has 78 valence electrons. The molecule has 1 heterocycles. The van der Waals surface area contributed by atoms with Gasteiger partial charge >= 0.3 is 0 Å². The fraction of sp³-hybridized carbons (Fsp3) is 0.800. The van der Waals surface area contributed by atoms with Crippen molar-refractivity contribution < 1.29 is 4.52 Å². The maximum Gasteiger partial charge on any atom is 0.263 e. The Labute approximate surface area is 88.8 Å². The summed E-state index contributed by atoms with van der Waals surface area (Å²) >= 11 is 5.62. The summed E-state index contributed by atoms with van der Waals surface area (Å²) in [7, 11) is 0. The van der Waals surface area contributed by atoms with Crippen molar-refractivity contribution in [2.75, 3.05) is 0 Å². The zero-order chi connectivity index (χ0) is 9.97. The van der Waals surface area contributed by atoms with Crippen molar-refractivity contribution in [1.29, 1.82) is 0 Å². The summed E-state index contributed by atoms with van der Waals surface area (Å²) in [5, 5.41) is 3.84. The van der Waals surface area contributed by atoms with Gasteiger partial charge < -0.3 is 4.52 Å². The van der Waals surface area contributed by atoms with E-state index in [9.17, 15) is 0 Å². The lowest BCUT2D eigenvalue weighted by Gasteiger charge is -2.25. The van der Waals surface area contributed by atoms with Crippen LogP contribution in [-0.4, -0.2) is 10.1 Å². The lowest BCUT2D eigenvalue weighted by Crippen LogP contribution is -2.12. The van der Waals surface area contributed by atoms with E-state index in [1.807, 2.05) is 0 Å². The fourth-order valence-electron chi connectivity index (χ4n) is 2.20. The van der Waals surface area contributed by atoms with Crippen molar-refractivity contribution in [1.82, 2.24) is 10.1 Å². The van der Waals surface area contributed by atoms with Crippen LogP contribution in [0.2, 0.25) is 5.28 Å². The average Bonchev–Trinajstić information content (AvgIpc) is 2.65. The van der Waals surface area contributed by atoms with Crippen LogP contribution >= 0.6 is 11.6 Å². The number of nitrogens with zero attached hydrogens (tertiary/aromatic N) is 2. The molecule has 0 N–H and O–H groups in total. The SMILES string of the molecule is CCC1CCC(c2nc(Cl)no2)CC1. The minimum Gasteiger partial charge on any atom is -0.338 e. The number of aromatic nitrogens is 2. The van der Waals surface area contributed by atoms with Crippen molar-refractivity contribution >= 4 is 11.6 Å². The number of rotatable bonds is 2. The molecule has 0 radical (unpaired) electrons. The third-order valence-corrected chi connectivity index (χ3v) is 3.34. The molecule has 3 nitrogen and oxygen atoms in total. The van der Waals surface area contributed by atoms with E-state index in [2.05, 4.69) is 17.1 Å². The number of halogens is 1. The summed E-state index contributed by atoms with van der Waals surface area (Å²) in [5.41, 5.74) is 0. The molecule has 1 saturated carbocycles. The van der Waals surface area contributed by atoms with Crippen LogP contribution in [0, 0.1) is 5.92 Å². The maximum absolute atomic E-state index is 5.62. The normalized spacial score (nSPS) is 27.9. The van der Waals surface area contributed by atoms with Gasteiger partial charge in [0, 0.05) is 5.92 Å². The van der Waals surface area contributed by atoms with E-state index in [4.69, 9.17) is 16.1 Å². The lowest BCUT2D eigenvalue weighted by atomic mass is 9.81. The van der Waals surface area contributed by atoms with Gasteiger partial charge in [0.25, 0.3) is 5.28 Å². The molecule has 0 amide bonds.